The molecule has 2 heterocycles. The Kier molecular flexibility index (Phi) is 8.76. The number of aldehydes is 1. The van der Waals surface area contributed by atoms with E-state index in [0.29, 0.717) is 26.3 Å². The molecule has 20 nitrogen and oxygen atoms in total. The van der Waals surface area contributed by atoms with Crippen molar-refractivity contribution in [2.24, 2.45) is 0 Å². The number of fused-ring (bicyclic) bond motifs is 1. The van der Waals surface area contributed by atoms with Gasteiger partial charge in [0.25, 0.3) is 29.1 Å². The Hall–Kier alpha value is -4.83. The molecule has 14 N–H and O–H groups in total. The predicted molar refractivity (Wildman–Crippen MR) is 147 cm³/mol. The van der Waals surface area contributed by atoms with Crippen LogP contribution in [-0.4, -0.2) is 140 Å². The van der Waals surface area contributed by atoms with Crippen molar-refractivity contribution in [3.63, 3.8) is 0 Å². The van der Waals surface area contributed by atoms with Crippen LogP contribution in [0.5, 0.6) is 40.2 Å². The molecule has 0 bridgehead atoms. The van der Waals surface area contributed by atoms with Gasteiger partial charge in [0.05, 0.1) is 42.1 Å². The van der Waals surface area contributed by atoms with Crippen molar-refractivity contribution in [2.75, 3.05) is 38.7 Å². The highest BCUT2D eigenvalue weighted by Crippen LogP contribution is 2.52. The number of likely N-dealkylation sites (N-methyl/N-ethyl adjacent to an activating group) is 1. The summed E-state index contributed by atoms with van der Waals surface area (Å²) in [6.45, 7) is -0.484. The van der Waals surface area contributed by atoms with Crippen LogP contribution in [0, 0.1) is 0 Å². The van der Waals surface area contributed by atoms with Crippen LogP contribution in [0.3, 0.4) is 0 Å². The smallest absolute Gasteiger partial charge is 0.285 e. The zero-order valence-electron chi connectivity index (χ0n) is 23.9. The molecule has 1 atom stereocenters. The number of rotatable bonds is 10. The van der Waals surface area contributed by atoms with E-state index in [2.05, 4.69) is 5.32 Å². The lowest BCUT2D eigenvalue weighted by molar-refractivity contribution is -0.398. The van der Waals surface area contributed by atoms with Crippen LogP contribution < -0.4 is 10.6 Å². The molecule has 46 heavy (non-hydrogen) atoms. The number of carbonyl (C=O) groups is 3. The molecule has 0 aromatic heterocycles. The summed E-state index contributed by atoms with van der Waals surface area (Å²) in [4.78, 5) is 39.0. The number of hydrogen-bond acceptors (Lipinski definition) is 18. The minimum atomic E-state index is -4.55. The third-order valence-corrected chi connectivity index (χ3v) is 7.92. The van der Waals surface area contributed by atoms with E-state index in [0.717, 1.165) is 7.05 Å². The topological polar surface area (TPSA) is 334 Å². The van der Waals surface area contributed by atoms with E-state index >= 15 is 0 Å². The van der Waals surface area contributed by atoms with Gasteiger partial charge in [0.2, 0.25) is 5.75 Å². The van der Waals surface area contributed by atoms with E-state index in [1.807, 2.05) is 0 Å². The van der Waals surface area contributed by atoms with Crippen LogP contribution in [0.25, 0.3) is 0 Å². The van der Waals surface area contributed by atoms with Crippen LogP contribution in [0.1, 0.15) is 27.0 Å². The number of phenolic OH excluding ortho intramolecular Hbond substituents is 7. The summed E-state index contributed by atoms with van der Waals surface area (Å²) in [5.74, 6) is -19.7. The average molecular weight is 657 g/mol. The highest BCUT2D eigenvalue weighted by atomic mass is 16.6. The molecule has 1 unspecified atom stereocenters. The number of phenols is 7. The van der Waals surface area contributed by atoms with Gasteiger partial charge in [0.1, 0.15) is 0 Å². The van der Waals surface area contributed by atoms with Gasteiger partial charge >= 0.3 is 0 Å². The standard InChI is InChI=1S/C26H32N4O16/c1-27-23(40)25(43,26(44,45)24(41,42)9-31)30-8-11-13(22(30)39)19(36)21(38)20(37)14(11)28-6-10-15(32)17(34)12(18(35)16(10)33)7-29-2-4-46-5-3-29/h9,28,32-38,41-45H,2-8H2,1H3,(H,27,40). The number of morpholine rings is 1. The molecule has 1 fully saturated rings. The Morgan fingerprint density at radius 2 is 1.39 bits per heavy atom. The fraction of sp³-hybridized carbons (Fsp3) is 0.423. The summed E-state index contributed by atoms with van der Waals surface area (Å²) in [5, 5.41) is 130. The van der Waals surface area contributed by atoms with Gasteiger partial charge < -0.3 is 76.6 Å². The highest BCUT2D eigenvalue weighted by Gasteiger charge is 2.70. The molecule has 0 saturated carbocycles. The zero-order chi connectivity index (χ0) is 34.5. The summed E-state index contributed by atoms with van der Waals surface area (Å²) < 4.78 is 5.24. The van der Waals surface area contributed by atoms with Gasteiger partial charge in [-0.3, -0.25) is 24.2 Å². The lowest BCUT2D eigenvalue weighted by Crippen LogP contribution is -2.78. The first-order valence-corrected chi connectivity index (χ1v) is 13.3. The molecule has 2 aliphatic heterocycles. The molecule has 0 aliphatic carbocycles. The molecule has 2 aromatic rings. The maximum Gasteiger partial charge on any atom is 0.285 e. The van der Waals surface area contributed by atoms with Gasteiger partial charge in [-0.05, 0) is 0 Å². The normalized spacial score (nSPS) is 17.0. The molecular formula is C26H32N4O16. The minimum Gasteiger partial charge on any atom is -0.504 e. The quantitative estimate of drug-likeness (QED) is 0.0501. The van der Waals surface area contributed by atoms with Crippen LogP contribution >= 0.6 is 0 Å². The Balaban J connectivity index is 1.77. The number of benzene rings is 2. The van der Waals surface area contributed by atoms with Crippen molar-refractivity contribution in [2.45, 2.75) is 36.9 Å². The number of nitrogens with one attached hydrogen (secondary N) is 2. The average Bonchev–Trinajstić information content (AvgIpc) is 3.38. The Bertz CT molecular complexity index is 1560. The predicted octanol–water partition coefficient (Wildman–Crippen LogP) is -3.98. The van der Waals surface area contributed by atoms with E-state index in [1.54, 1.807) is 10.2 Å². The molecule has 0 spiro atoms. The number of anilines is 1. The Morgan fingerprint density at radius 3 is 1.91 bits per heavy atom. The molecule has 1 saturated heterocycles. The fourth-order valence-corrected chi connectivity index (χ4v) is 5.22. The first-order valence-electron chi connectivity index (χ1n) is 13.3. The van der Waals surface area contributed by atoms with Crippen molar-refractivity contribution in [3.8, 4) is 40.2 Å². The number of ether oxygens (including phenoxy) is 1. The first kappa shape index (κ1) is 34.1. The van der Waals surface area contributed by atoms with Crippen LogP contribution in [0.4, 0.5) is 5.69 Å². The monoisotopic (exact) mass is 656 g/mol. The van der Waals surface area contributed by atoms with Crippen LogP contribution in [0.15, 0.2) is 0 Å². The van der Waals surface area contributed by atoms with Gasteiger partial charge in [0, 0.05) is 38.8 Å². The van der Waals surface area contributed by atoms with Gasteiger partial charge in [-0.25, -0.2) is 0 Å². The van der Waals surface area contributed by atoms with E-state index < -0.39 is 111 Å². The number of aliphatic hydroxyl groups is 5. The maximum absolute atomic E-state index is 13.4. The summed E-state index contributed by atoms with van der Waals surface area (Å²) in [7, 11) is 0.826. The SMILES string of the molecule is CNC(=O)C(O)(N1Cc2c(NCc3c(O)c(O)c(CN4CCOCC4)c(O)c3O)c(O)c(O)c(O)c2C1=O)C(O)(O)C(O)(O)C=O. The second-order valence-electron chi connectivity index (χ2n) is 10.5. The summed E-state index contributed by atoms with van der Waals surface area (Å²) in [6.07, 6.45) is -0.868. The van der Waals surface area contributed by atoms with Gasteiger partial charge in [-0.2, -0.15) is 0 Å². The fourth-order valence-electron chi connectivity index (χ4n) is 5.22. The van der Waals surface area contributed by atoms with Gasteiger partial charge in [-0.15, -0.1) is 0 Å². The van der Waals surface area contributed by atoms with E-state index in [-0.39, 0.29) is 17.0 Å². The van der Waals surface area contributed by atoms with Crippen molar-refractivity contribution >= 4 is 23.8 Å². The summed E-state index contributed by atoms with van der Waals surface area (Å²) >= 11 is 0. The Labute approximate surface area is 257 Å². The first-order chi connectivity index (χ1) is 21.4. The lowest BCUT2D eigenvalue weighted by atomic mass is 9.91. The maximum atomic E-state index is 13.4. The molecular weight excluding hydrogens is 624 g/mol. The molecule has 4 rings (SSSR count). The summed E-state index contributed by atoms with van der Waals surface area (Å²) in [5.41, 5.74) is -7.14. The van der Waals surface area contributed by atoms with E-state index in [9.17, 15) is 75.7 Å². The number of carbonyl (C=O) groups excluding carboxylic acids is 3. The second kappa shape index (κ2) is 11.8. The number of amides is 2. The molecule has 2 aliphatic rings. The molecule has 2 aromatic carbocycles. The van der Waals surface area contributed by atoms with Crippen LogP contribution in [-0.2, 0) is 34.0 Å². The van der Waals surface area contributed by atoms with E-state index in [4.69, 9.17) is 4.74 Å². The van der Waals surface area contributed by atoms with Crippen molar-refractivity contribution < 1.29 is 80.4 Å². The number of nitrogens with zero attached hydrogens (tertiary/aromatic N) is 2. The molecule has 0 radical (unpaired) electrons. The zero-order valence-corrected chi connectivity index (χ0v) is 23.9. The third-order valence-electron chi connectivity index (χ3n) is 7.92. The lowest BCUT2D eigenvalue weighted by Gasteiger charge is -2.46. The largest absolute Gasteiger partial charge is 0.504 e. The molecule has 2 amide bonds. The van der Waals surface area contributed by atoms with Crippen molar-refractivity contribution in [1.29, 1.82) is 0 Å². The second-order valence-corrected chi connectivity index (χ2v) is 10.5. The van der Waals surface area contributed by atoms with Gasteiger partial charge in [0.15, 0.2) is 40.8 Å². The van der Waals surface area contributed by atoms with Crippen molar-refractivity contribution in [1.82, 2.24) is 15.1 Å². The number of hydrogen-bond donors (Lipinski definition) is 14. The minimum absolute atomic E-state index is 0.0908. The molecule has 252 valence electrons. The highest BCUT2D eigenvalue weighted by molar-refractivity contribution is 6.07. The van der Waals surface area contributed by atoms with Crippen LogP contribution in [0.2, 0.25) is 0 Å². The number of aromatic hydroxyl groups is 7. The molecule has 20 heteroatoms. The van der Waals surface area contributed by atoms with Crippen molar-refractivity contribution in [3.05, 3.63) is 22.3 Å². The van der Waals surface area contributed by atoms with Gasteiger partial charge in [-0.1, -0.05) is 0 Å². The Morgan fingerprint density at radius 1 is 0.848 bits per heavy atom. The van der Waals surface area contributed by atoms with E-state index in [1.165, 1.54) is 0 Å². The third kappa shape index (κ3) is 4.97. The summed E-state index contributed by atoms with van der Waals surface area (Å²) in [6, 6.07) is 0.